The first-order chi connectivity index (χ1) is 6.43. The van der Waals surface area contributed by atoms with Crippen molar-refractivity contribution in [1.82, 2.24) is 0 Å². The molecule has 0 atom stereocenters. The Morgan fingerprint density at radius 1 is 1.36 bits per heavy atom. The van der Waals surface area contributed by atoms with Gasteiger partial charge in [-0.1, -0.05) is 22.0 Å². The van der Waals surface area contributed by atoms with Gasteiger partial charge in [-0.05, 0) is 30.2 Å². The average Bonchev–Trinajstić information content (AvgIpc) is 2.01. The van der Waals surface area contributed by atoms with Crippen LogP contribution in [0.4, 0.5) is 8.78 Å². The van der Waals surface area contributed by atoms with Crippen molar-refractivity contribution < 1.29 is 8.78 Å². The van der Waals surface area contributed by atoms with Crippen LogP contribution in [0.1, 0.15) is 11.1 Å². The van der Waals surface area contributed by atoms with Crippen LogP contribution in [-0.2, 0) is 6.42 Å². The molecule has 1 nitrogen and oxygen atoms in total. The van der Waals surface area contributed by atoms with Crippen LogP contribution < -0.4 is 5.73 Å². The van der Waals surface area contributed by atoms with Gasteiger partial charge in [0.1, 0.15) is 0 Å². The zero-order valence-electron chi connectivity index (χ0n) is 7.86. The molecule has 1 aromatic rings. The summed E-state index contributed by atoms with van der Waals surface area (Å²) >= 11 is 3.27. The molecule has 1 aromatic carbocycles. The predicted octanol–water partition coefficient (Wildman–Crippen LogP) is 2.89. The molecule has 78 valence electrons. The maximum absolute atomic E-state index is 13.0. The molecule has 1 rings (SSSR count). The van der Waals surface area contributed by atoms with Gasteiger partial charge in [-0.3, -0.25) is 0 Å². The van der Waals surface area contributed by atoms with Gasteiger partial charge >= 0.3 is 0 Å². The molecule has 0 aromatic heterocycles. The van der Waals surface area contributed by atoms with E-state index in [1.165, 1.54) is 0 Å². The molecular formula is C10H12BrF2N. The predicted molar refractivity (Wildman–Crippen MR) is 56.6 cm³/mol. The van der Waals surface area contributed by atoms with Crippen molar-refractivity contribution in [3.8, 4) is 0 Å². The van der Waals surface area contributed by atoms with Crippen molar-refractivity contribution in [3.63, 3.8) is 0 Å². The molecule has 0 aliphatic carbocycles. The van der Waals surface area contributed by atoms with E-state index < -0.39 is 12.5 Å². The van der Waals surface area contributed by atoms with Crippen LogP contribution in [0.15, 0.2) is 22.7 Å². The van der Waals surface area contributed by atoms with E-state index in [4.69, 9.17) is 5.73 Å². The van der Waals surface area contributed by atoms with Gasteiger partial charge in [0.05, 0.1) is 6.54 Å². The Balaban J connectivity index is 2.87. The summed E-state index contributed by atoms with van der Waals surface area (Å²) in [5.41, 5.74) is 6.53. The lowest BCUT2D eigenvalue weighted by Crippen LogP contribution is -2.30. The van der Waals surface area contributed by atoms with Crippen LogP contribution in [0.25, 0.3) is 0 Å². The maximum Gasteiger partial charge on any atom is 0.264 e. The SMILES string of the molecule is Cc1cc(Br)cc(CC(F)(F)CN)c1. The van der Waals surface area contributed by atoms with Gasteiger partial charge in [0, 0.05) is 10.9 Å². The average molecular weight is 264 g/mol. The summed E-state index contributed by atoms with van der Waals surface area (Å²) in [6.45, 7) is 1.26. The molecule has 0 saturated heterocycles. The first-order valence-electron chi connectivity index (χ1n) is 4.27. The summed E-state index contributed by atoms with van der Waals surface area (Å²) in [5, 5.41) is 0. The van der Waals surface area contributed by atoms with Crippen molar-refractivity contribution in [3.05, 3.63) is 33.8 Å². The number of rotatable bonds is 3. The Kier molecular flexibility index (Phi) is 3.61. The van der Waals surface area contributed by atoms with Crippen LogP contribution in [-0.4, -0.2) is 12.5 Å². The number of alkyl halides is 2. The largest absolute Gasteiger partial charge is 0.325 e. The van der Waals surface area contributed by atoms with Gasteiger partial charge in [0.25, 0.3) is 5.92 Å². The van der Waals surface area contributed by atoms with E-state index in [0.29, 0.717) is 5.56 Å². The fourth-order valence-electron chi connectivity index (χ4n) is 1.28. The summed E-state index contributed by atoms with van der Waals surface area (Å²) in [7, 11) is 0. The molecule has 0 fully saturated rings. The van der Waals surface area contributed by atoms with E-state index in [1.54, 1.807) is 12.1 Å². The molecule has 14 heavy (non-hydrogen) atoms. The molecule has 0 amide bonds. The summed E-state index contributed by atoms with van der Waals surface area (Å²) in [6, 6.07) is 5.31. The zero-order chi connectivity index (χ0) is 10.8. The fourth-order valence-corrected chi connectivity index (χ4v) is 1.94. The number of hydrogen-bond donors (Lipinski definition) is 1. The Bertz CT molecular complexity index is 306. The lowest BCUT2D eigenvalue weighted by molar-refractivity contribution is 0.0115. The summed E-state index contributed by atoms with van der Waals surface area (Å²) in [5.74, 6) is -2.81. The van der Waals surface area contributed by atoms with Crippen LogP contribution in [0.2, 0.25) is 0 Å². The molecule has 0 saturated carbocycles. The van der Waals surface area contributed by atoms with Gasteiger partial charge < -0.3 is 5.73 Å². The van der Waals surface area contributed by atoms with Gasteiger partial charge in [-0.25, -0.2) is 8.78 Å². The molecule has 0 heterocycles. The lowest BCUT2D eigenvalue weighted by atomic mass is 10.1. The highest BCUT2D eigenvalue weighted by Crippen LogP contribution is 2.22. The Morgan fingerprint density at radius 2 is 2.00 bits per heavy atom. The summed E-state index contributed by atoms with van der Waals surface area (Å²) in [4.78, 5) is 0. The molecule has 0 radical (unpaired) electrons. The number of benzene rings is 1. The van der Waals surface area contributed by atoms with Crippen LogP contribution >= 0.6 is 15.9 Å². The molecule has 0 bridgehead atoms. The van der Waals surface area contributed by atoms with Gasteiger partial charge in [0.2, 0.25) is 0 Å². The Morgan fingerprint density at radius 3 is 2.50 bits per heavy atom. The minimum absolute atomic E-state index is 0.302. The van der Waals surface area contributed by atoms with E-state index in [-0.39, 0.29) is 6.42 Å². The van der Waals surface area contributed by atoms with E-state index in [1.807, 2.05) is 13.0 Å². The molecule has 4 heteroatoms. The number of hydrogen-bond acceptors (Lipinski definition) is 1. The molecule has 0 unspecified atom stereocenters. The first-order valence-corrected chi connectivity index (χ1v) is 5.06. The minimum Gasteiger partial charge on any atom is -0.325 e. The topological polar surface area (TPSA) is 26.0 Å². The van der Waals surface area contributed by atoms with Crippen LogP contribution in [0.5, 0.6) is 0 Å². The second-order valence-electron chi connectivity index (χ2n) is 3.37. The van der Waals surface area contributed by atoms with Crippen LogP contribution in [0, 0.1) is 6.92 Å². The third-order valence-corrected chi connectivity index (χ3v) is 2.32. The highest BCUT2D eigenvalue weighted by atomic mass is 79.9. The summed E-state index contributed by atoms with van der Waals surface area (Å²) in [6.07, 6.45) is -0.302. The molecule has 2 N–H and O–H groups in total. The molecule has 0 aliphatic rings. The normalized spacial score (nSPS) is 11.8. The van der Waals surface area contributed by atoms with Crippen LogP contribution in [0.3, 0.4) is 0 Å². The minimum atomic E-state index is -2.81. The number of halogens is 3. The molecule has 0 spiro atoms. The van der Waals surface area contributed by atoms with Gasteiger partial charge in [0.15, 0.2) is 0 Å². The van der Waals surface area contributed by atoms with Crippen molar-refractivity contribution >= 4 is 15.9 Å². The standard InChI is InChI=1S/C10H12BrF2N/c1-7-2-8(4-9(11)3-7)5-10(12,13)6-14/h2-4H,5-6,14H2,1H3. The maximum atomic E-state index is 13.0. The zero-order valence-corrected chi connectivity index (χ0v) is 9.44. The summed E-state index contributed by atoms with van der Waals surface area (Å²) < 4.78 is 26.7. The van der Waals surface area contributed by atoms with Crippen molar-refractivity contribution in [2.24, 2.45) is 5.73 Å². The van der Waals surface area contributed by atoms with Crippen molar-refractivity contribution in [2.45, 2.75) is 19.3 Å². The highest BCUT2D eigenvalue weighted by molar-refractivity contribution is 9.10. The number of aryl methyl sites for hydroxylation is 1. The molecule has 0 aliphatic heterocycles. The lowest BCUT2D eigenvalue weighted by Gasteiger charge is -2.14. The van der Waals surface area contributed by atoms with E-state index in [0.717, 1.165) is 10.0 Å². The van der Waals surface area contributed by atoms with E-state index in [9.17, 15) is 8.78 Å². The third kappa shape index (κ3) is 3.35. The van der Waals surface area contributed by atoms with E-state index >= 15 is 0 Å². The smallest absolute Gasteiger partial charge is 0.264 e. The monoisotopic (exact) mass is 263 g/mol. The Labute approximate surface area is 90.4 Å². The van der Waals surface area contributed by atoms with E-state index in [2.05, 4.69) is 15.9 Å². The fraction of sp³-hybridized carbons (Fsp3) is 0.400. The second kappa shape index (κ2) is 4.36. The number of nitrogens with two attached hydrogens (primary N) is 1. The van der Waals surface area contributed by atoms with Crippen molar-refractivity contribution in [1.29, 1.82) is 0 Å². The van der Waals surface area contributed by atoms with Gasteiger partial charge in [-0.2, -0.15) is 0 Å². The van der Waals surface area contributed by atoms with Crippen molar-refractivity contribution in [2.75, 3.05) is 6.54 Å². The third-order valence-electron chi connectivity index (χ3n) is 1.86. The first kappa shape index (κ1) is 11.6. The highest BCUT2D eigenvalue weighted by Gasteiger charge is 2.26. The molecular weight excluding hydrogens is 252 g/mol. The Hall–Kier alpha value is -0.480. The second-order valence-corrected chi connectivity index (χ2v) is 4.29. The quantitative estimate of drug-likeness (QED) is 0.892. The van der Waals surface area contributed by atoms with Gasteiger partial charge in [-0.15, -0.1) is 0 Å².